The Morgan fingerprint density at radius 1 is 1.23 bits per heavy atom. The summed E-state index contributed by atoms with van der Waals surface area (Å²) in [7, 11) is 0. The fourth-order valence-electron chi connectivity index (χ4n) is 4.02. The van der Waals surface area contributed by atoms with Crippen molar-refractivity contribution in [3.63, 3.8) is 0 Å². The number of nitrogens with zero attached hydrogens (tertiary/aromatic N) is 1. The van der Waals surface area contributed by atoms with E-state index < -0.39 is 5.63 Å². The van der Waals surface area contributed by atoms with E-state index in [0.717, 1.165) is 33.2 Å². The average molecular weight is 421 g/mol. The van der Waals surface area contributed by atoms with Crippen LogP contribution in [0.25, 0.3) is 21.9 Å². The lowest BCUT2D eigenvalue weighted by Gasteiger charge is -2.17. The maximum absolute atomic E-state index is 12.7. The van der Waals surface area contributed by atoms with Gasteiger partial charge >= 0.3 is 5.63 Å². The van der Waals surface area contributed by atoms with E-state index in [2.05, 4.69) is 36.1 Å². The fraction of sp³-hybridized carbons (Fsp3) is 0.375. The molecule has 0 fully saturated rings. The number of rotatable bonds is 5. The topological polar surface area (TPSA) is 101 Å². The molecule has 1 amide bonds. The van der Waals surface area contributed by atoms with Crippen LogP contribution in [0.1, 0.15) is 48.7 Å². The molecular weight excluding hydrogens is 394 g/mol. The quantitative estimate of drug-likeness (QED) is 0.473. The van der Waals surface area contributed by atoms with Gasteiger partial charge in [-0.3, -0.25) is 4.79 Å². The van der Waals surface area contributed by atoms with Crippen LogP contribution in [0.3, 0.4) is 0 Å². The van der Waals surface area contributed by atoms with Crippen LogP contribution in [0.4, 0.5) is 0 Å². The molecule has 1 aromatic carbocycles. The molecule has 7 nitrogen and oxygen atoms in total. The highest BCUT2D eigenvalue weighted by atomic mass is 16.4. The minimum atomic E-state index is -0.491. The lowest BCUT2D eigenvalue weighted by Crippen LogP contribution is -2.29. The summed E-state index contributed by atoms with van der Waals surface area (Å²) in [5, 5.41) is 4.63. The Hall–Kier alpha value is -3.35. The van der Waals surface area contributed by atoms with E-state index >= 15 is 0 Å². The van der Waals surface area contributed by atoms with Crippen LogP contribution in [0, 0.1) is 13.8 Å². The van der Waals surface area contributed by atoms with E-state index in [1.54, 1.807) is 18.8 Å². The summed E-state index contributed by atoms with van der Waals surface area (Å²) < 4.78 is 11.6. The summed E-state index contributed by atoms with van der Waals surface area (Å²) in [4.78, 5) is 32.1. The first kappa shape index (κ1) is 20.9. The van der Waals surface area contributed by atoms with Crippen LogP contribution < -0.4 is 10.9 Å². The molecule has 162 valence electrons. The van der Waals surface area contributed by atoms with Crippen LogP contribution in [-0.4, -0.2) is 22.4 Å². The second-order valence-electron chi connectivity index (χ2n) is 9.02. The SMILES string of the molecule is Cc1cc2oc(=O)c(CC(=O)NCCc3cnc[nH]3)c(C)c2c2occ(C(C)(C)C)c12. The number of aromatic amines is 1. The molecule has 0 saturated heterocycles. The zero-order valence-electron chi connectivity index (χ0n) is 18.5. The van der Waals surface area contributed by atoms with Gasteiger partial charge in [-0.2, -0.15) is 0 Å². The average Bonchev–Trinajstić information content (AvgIpc) is 3.34. The maximum Gasteiger partial charge on any atom is 0.340 e. The Bertz CT molecular complexity index is 1320. The molecule has 0 aliphatic heterocycles. The Morgan fingerprint density at radius 2 is 2.00 bits per heavy atom. The monoisotopic (exact) mass is 421 g/mol. The van der Waals surface area contributed by atoms with Gasteiger partial charge in [-0.05, 0) is 36.5 Å². The van der Waals surface area contributed by atoms with E-state index in [4.69, 9.17) is 8.83 Å². The van der Waals surface area contributed by atoms with Crippen LogP contribution in [0.15, 0.2) is 38.5 Å². The maximum atomic E-state index is 12.7. The lowest BCUT2D eigenvalue weighted by molar-refractivity contribution is -0.120. The van der Waals surface area contributed by atoms with Crippen LogP contribution in [0.2, 0.25) is 0 Å². The highest BCUT2D eigenvalue weighted by Gasteiger charge is 2.25. The minimum absolute atomic E-state index is 0.0463. The van der Waals surface area contributed by atoms with Gasteiger partial charge in [0.15, 0.2) is 0 Å². The van der Waals surface area contributed by atoms with Crippen molar-refractivity contribution >= 4 is 27.8 Å². The van der Waals surface area contributed by atoms with E-state index in [0.29, 0.717) is 29.7 Å². The number of imidazole rings is 1. The summed E-state index contributed by atoms with van der Waals surface area (Å²) >= 11 is 0. The zero-order valence-corrected chi connectivity index (χ0v) is 18.5. The molecule has 3 heterocycles. The number of benzene rings is 1. The second-order valence-corrected chi connectivity index (χ2v) is 9.02. The molecule has 31 heavy (non-hydrogen) atoms. The molecule has 0 atom stereocenters. The number of aromatic nitrogens is 2. The summed E-state index contributed by atoms with van der Waals surface area (Å²) in [5.41, 5.74) is 4.69. The number of fused-ring (bicyclic) bond motifs is 3. The van der Waals surface area contributed by atoms with Crippen molar-refractivity contribution in [2.24, 2.45) is 0 Å². The second kappa shape index (κ2) is 7.72. The highest BCUT2D eigenvalue weighted by molar-refractivity contribution is 6.07. The first-order chi connectivity index (χ1) is 14.7. The number of hydrogen-bond donors (Lipinski definition) is 2. The van der Waals surface area contributed by atoms with Crippen molar-refractivity contribution in [1.82, 2.24) is 15.3 Å². The molecule has 2 N–H and O–H groups in total. The third kappa shape index (κ3) is 3.87. The first-order valence-electron chi connectivity index (χ1n) is 10.4. The number of nitrogens with one attached hydrogen (secondary N) is 2. The molecule has 0 bridgehead atoms. The molecule has 4 aromatic rings. The van der Waals surface area contributed by atoms with Crippen LogP contribution in [-0.2, 0) is 23.1 Å². The lowest BCUT2D eigenvalue weighted by atomic mass is 9.85. The standard InChI is InChI=1S/C24H27N3O4/c1-13-8-18-21(22-20(13)17(11-30-22)24(3,4)5)14(2)16(23(29)31-18)9-19(28)26-7-6-15-10-25-12-27-15/h8,10-12H,6-7,9H2,1-5H3,(H,25,27)(H,26,28). The molecule has 0 aliphatic carbocycles. The third-order valence-electron chi connectivity index (χ3n) is 5.70. The van der Waals surface area contributed by atoms with E-state index in [1.165, 1.54) is 0 Å². The van der Waals surface area contributed by atoms with Crippen molar-refractivity contribution in [1.29, 1.82) is 0 Å². The fourth-order valence-corrected chi connectivity index (χ4v) is 4.02. The van der Waals surface area contributed by atoms with Gasteiger partial charge in [-0.1, -0.05) is 20.8 Å². The number of amides is 1. The van der Waals surface area contributed by atoms with Crippen molar-refractivity contribution in [2.75, 3.05) is 6.54 Å². The van der Waals surface area contributed by atoms with E-state index in [-0.39, 0.29) is 17.7 Å². The molecule has 0 unspecified atom stereocenters. The predicted octanol–water partition coefficient (Wildman–Crippen LogP) is 4.08. The van der Waals surface area contributed by atoms with Crippen LogP contribution in [0.5, 0.6) is 0 Å². The Morgan fingerprint density at radius 3 is 2.68 bits per heavy atom. The van der Waals surface area contributed by atoms with Crippen LogP contribution >= 0.6 is 0 Å². The Balaban J connectivity index is 1.70. The number of aryl methyl sites for hydroxylation is 2. The van der Waals surface area contributed by atoms with Gasteiger partial charge in [-0.25, -0.2) is 9.78 Å². The largest absolute Gasteiger partial charge is 0.463 e. The minimum Gasteiger partial charge on any atom is -0.463 e. The Labute approximate surface area is 179 Å². The zero-order chi connectivity index (χ0) is 22.3. The van der Waals surface area contributed by atoms with Gasteiger partial charge in [0, 0.05) is 35.8 Å². The van der Waals surface area contributed by atoms with Crippen molar-refractivity contribution in [3.05, 3.63) is 63.2 Å². The van der Waals surface area contributed by atoms with Gasteiger partial charge in [0.1, 0.15) is 11.2 Å². The number of H-pyrrole nitrogens is 1. The summed E-state index contributed by atoms with van der Waals surface area (Å²) in [5.74, 6) is -0.229. The molecule has 0 radical (unpaired) electrons. The van der Waals surface area contributed by atoms with Gasteiger partial charge in [0.2, 0.25) is 5.91 Å². The molecule has 0 saturated carbocycles. The molecule has 7 heteroatoms. The first-order valence-corrected chi connectivity index (χ1v) is 10.4. The number of carbonyl (C=O) groups excluding carboxylic acids is 1. The van der Waals surface area contributed by atoms with Crippen molar-refractivity contribution in [2.45, 2.75) is 52.9 Å². The highest BCUT2D eigenvalue weighted by Crippen LogP contribution is 2.38. The predicted molar refractivity (Wildman–Crippen MR) is 119 cm³/mol. The van der Waals surface area contributed by atoms with Gasteiger partial charge < -0.3 is 19.1 Å². The van der Waals surface area contributed by atoms with Gasteiger partial charge in [0.25, 0.3) is 0 Å². The summed E-state index contributed by atoms with van der Waals surface area (Å²) in [6.07, 6.45) is 5.69. The summed E-state index contributed by atoms with van der Waals surface area (Å²) in [6.45, 7) is 10.7. The number of hydrogen-bond acceptors (Lipinski definition) is 5. The van der Waals surface area contributed by atoms with E-state index in [9.17, 15) is 9.59 Å². The molecule has 4 rings (SSSR count). The molecule has 0 spiro atoms. The van der Waals surface area contributed by atoms with E-state index in [1.807, 2.05) is 19.9 Å². The van der Waals surface area contributed by atoms with Gasteiger partial charge in [-0.15, -0.1) is 0 Å². The number of carbonyl (C=O) groups is 1. The van der Waals surface area contributed by atoms with Crippen molar-refractivity contribution in [3.8, 4) is 0 Å². The Kier molecular flexibility index (Phi) is 5.21. The molecule has 0 aliphatic rings. The summed E-state index contributed by atoms with van der Waals surface area (Å²) in [6, 6.07) is 1.88. The molecular formula is C24H27N3O4. The normalized spacial score (nSPS) is 12.0. The smallest absolute Gasteiger partial charge is 0.340 e. The third-order valence-corrected chi connectivity index (χ3v) is 5.70. The molecule has 3 aromatic heterocycles. The van der Waals surface area contributed by atoms with Crippen molar-refractivity contribution < 1.29 is 13.6 Å². The van der Waals surface area contributed by atoms with Gasteiger partial charge in [0.05, 0.1) is 30.0 Å². The number of furan rings is 1.